The third-order valence-electron chi connectivity index (χ3n) is 1.65. The zero-order valence-electron chi connectivity index (χ0n) is 8.25. The Bertz CT molecular complexity index is 385. The first-order valence-electron chi connectivity index (χ1n) is 4.29. The van der Waals surface area contributed by atoms with Crippen LogP contribution in [0.5, 0.6) is 0 Å². The van der Waals surface area contributed by atoms with Gasteiger partial charge >= 0.3 is 0 Å². The molecular weight excluding hydrogens is 210 g/mol. The van der Waals surface area contributed by atoms with Crippen LogP contribution in [-0.4, -0.2) is 19.6 Å². The predicted molar refractivity (Wildman–Crippen MR) is 63.1 cm³/mol. The Labute approximate surface area is 93.9 Å². The van der Waals surface area contributed by atoms with Gasteiger partial charge in [0.05, 0.1) is 7.11 Å². The van der Waals surface area contributed by atoms with Gasteiger partial charge in [-0.05, 0) is 5.56 Å². The number of hydrogen-bond donors (Lipinski definition) is 1. The molecule has 4 heteroatoms. The molecule has 15 heavy (non-hydrogen) atoms. The molecule has 0 unspecified atom stereocenters. The van der Waals surface area contributed by atoms with Gasteiger partial charge in [-0.2, -0.15) is 0 Å². The van der Waals surface area contributed by atoms with Gasteiger partial charge in [-0.25, -0.2) is 4.99 Å². The van der Waals surface area contributed by atoms with Gasteiger partial charge in [-0.15, -0.1) is 12.6 Å². The molecule has 0 saturated carbocycles. The number of hydrogen-bond acceptors (Lipinski definition) is 4. The molecule has 1 aromatic rings. The lowest BCUT2D eigenvalue weighted by Crippen LogP contribution is -1.90. The Hall–Kier alpha value is -1.55. The van der Waals surface area contributed by atoms with Crippen LogP contribution in [-0.2, 0) is 9.53 Å². The van der Waals surface area contributed by atoms with Crippen LogP contribution in [0.4, 0.5) is 0 Å². The molecule has 0 N–H and O–H groups in total. The molecular formula is C11H11NO2S. The van der Waals surface area contributed by atoms with E-state index in [1.165, 1.54) is 7.11 Å². The molecule has 78 valence electrons. The van der Waals surface area contributed by atoms with Gasteiger partial charge < -0.3 is 4.74 Å². The molecule has 0 atom stereocenters. The van der Waals surface area contributed by atoms with E-state index in [9.17, 15) is 4.79 Å². The van der Waals surface area contributed by atoms with Crippen molar-refractivity contribution in [3.05, 3.63) is 46.7 Å². The van der Waals surface area contributed by atoms with E-state index in [4.69, 9.17) is 4.74 Å². The second-order valence-electron chi connectivity index (χ2n) is 2.68. The largest absolute Gasteiger partial charge is 0.480 e. The third-order valence-corrected chi connectivity index (χ3v) is 1.95. The van der Waals surface area contributed by atoms with Gasteiger partial charge in [-0.3, -0.25) is 4.79 Å². The lowest BCUT2D eigenvalue weighted by atomic mass is 10.2. The van der Waals surface area contributed by atoms with Crippen molar-refractivity contribution in [1.29, 1.82) is 0 Å². The number of allylic oxidation sites excluding steroid dienone is 1. The molecule has 1 rings (SSSR count). The summed E-state index contributed by atoms with van der Waals surface area (Å²) in [5.41, 5.74) is 0.930. The highest BCUT2D eigenvalue weighted by Crippen LogP contribution is 2.08. The summed E-state index contributed by atoms with van der Waals surface area (Å²) in [7, 11) is 1.44. The highest BCUT2D eigenvalue weighted by Gasteiger charge is 1.98. The fraction of sp³-hybridized carbons (Fsp3) is 0.0909. The van der Waals surface area contributed by atoms with Crippen molar-refractivity contribution < 1.29 is 9.53 Å². The van der Waals surface area contributed by atoms with E-state index in [1.807, 2.05) is 30.3 Å². The van der Waals surface area contributed by atoms with Crippen molar-refractivity contribution in [3.63, 3.8) is 0 Å². The van der Waals surface area contributed by atoms with E-state index in [-0.39, 0.29) is 10.8 Å². The Morgan fingerprint density at radius 2 is 2.07 bits per heavy atom. The predicted octanol–water partition coefficient (Wildman–Crippen LogP) is 2.05. The van der Waals surface area contributed by atoms with E-state index in [2.05, 4.69) is 17.6 Å². The first kappa shape index (κ1) is 11.5. The molecule has 0 spiro atoms. The van der Waals surface area contributed by atoms with Gasteiger partial charge in [0.25, 0.3) is 0 Å². The average Bonchev–Trinajstić information content (AvgIpc) is 2.31. The van der Waals surface area contributed by atoms with Gasteiger partial charge in [0.15, 0.2) is 6.29 Å². The number of carbonyl (C=O) groups is 1. The fourth-order valence-electron chi connectivity index (χ4n) is 0.946. The summed E-state index contributed by atoms with van der Waals surface area (Å²) in [6.07, 6.45) is 2.20. The van der Waals surface area contributed by atoms with Crippen LogP contribution >= 0.6 is 12.6 Å². The Morgan fingerprint density at radius 3 is 2.60 bits per heavy atom. The second kappa shape index (κ2) is 6.03. The second-order valence-corrected chi connectivity index (χ2v) is 3.16. The standard InChI is InChI=1S/C11H11NO2S/c1-14-11(10(15)8-13)12-7-9-5-3-2-4-6-9/h2-8,15H,1H3/b11-10+,12-7+. The van der Waals surface area contributed by atoms with E-state index in [0.29, 0.717) is 6.29 Å². The fourth-order valence-corrected chi connectivity index (χ4v) is 1.10. The SMILES string of the molecule is COC(/N=C/c1ccccc1)=C(/S)C=O. The van der Waals surface area contributed by atoms with Gasteiger partial charge in [-0.1, -0.05) is 30.3 Å². The number of rotatable bonds is 4. The smallest absolute Gasteiger partial charge is 0.230 e. The van der Waals surface area contributed by atoms with E-state index in [0.717, 1.165) is 5.56 Å². The van der Waals surface area contributed by atoms with E-state index < -0.39 is 0 Å². The van der Waals surface area contributed by atoms with E-state index in [1.54, 1.807) is 6.21 Å². The van der Waals surface area contributed by atoms with Crippen LogP contribution in [0.2, 0.25) is 0 Å². The maximum absolute atomic E-state index is 10.4. The monoisotopic (exact) mass is 221 g/mol. The summed E-state index contributed by atoms with van der Waals surface area (Å²) >= 11 is 3.92. The van der Waals surface area contributed by atoms with Crippen molar-refractivity contribution in [2.45, 2.75) is 0 Å². The van der Waals surface area contributed by atoms with Gasteiger partial charge in [0.1, 0.15) is 4.91 Å². The lowest BCUT2D eigenvalue weighted by molar-refractivity contribution is -0.104. The maximum atomic E-state index is 10.4. The Kier molecular flexibility index (Phi) is 4.63. The molecule has 0 radical (unpaired) electrons. The van der Waals surface area contributed by atoms with Crippen molar-refractivity contribution in [2.24, 2.45) is 4.99 Å². The molecule has 0 aromatic heterocycles. The molecule has 3 nitrogen and oxygen atoms in total. The first-order valence-corrected chi connectivity index (χ1v) is 4.74. The van der Waals surface area contributed by atoms with Crippen LogP contribution in [0.1, 0.15) is 5.56 Å². The van der Waals surface area contributed by atoms with Crippen molar-refractivity contribution >= 4 is 25.1 Å². The quantitative estimate of drug-likeness (QED) is 0.278. The molecule has 0 aliphatic rings. The van der Waals surface area contributed by atoms with Crippen molar-refractivity contribution in [3.8, 4) is 0 Å². The Morgan fingerprint density at radius 1 is 1.40 bits per heavy atom. The lowest BCUT2D eigenvalue weighted by Gasteiger charge is -1.99. The number of benzene rings is 1. The number of carbonyl (C=O) groups excluding carboxylic acids is 1. The normalized spacial score (nSPS) is 12.4. The summed E-state index contributed by atoms with van der Waals surface area (Å²) in [5, 5.41) is 0. The maximum Gasteiger partial charge on any atom is 0.230 e. The minimum atomic E-state index is 0.171. The van der Waals surface area contributed by atoms with Crippen molar-refractivity contribution in [2.75, 3.05) is 7.11 Å². The van der Waals surface area contributed by atoms with Crippen LogP contribution in [0.3, 0.4) is 0 Å². The highest BCUT2D eigenvalue weighted by atomic mass is 32.1. The summed E-state index contributed by atoms with van der Waals surface area (Å²) < 4.78 is 4.90. The number of methoxy groups -OCH3 is 1. The minimum Gasteiger partial charge on any atom is -0.480 e. The minimum absolute atomic E-state index is 0.171. The average molecular weight is 221 g/mol. The molecule has 0 aliphatic carbocycles. The zero-order chi connectivity index (χ0) is 11.1. The number of aliphatic imine (C=N–C) groups is 1. The number of thiol groups is 1. The summed E-state index contributed by atoms with van der Waals surface area (Å²) in [6, 6.07) is 9.52. The number of ether oxygens (including phenoxy) is 1. The molecule has 0 heterocycles. The van der Waals surface area contributed by atoms with Crippen LogP contribution in [0.15, 0.2) is 46.1 Å². The topological polar surface area (TPSA) is 38.7 Å². The summed E-state index contributed by atoms with van der Waals surface area (Å²) in [5.74, 6) is 0.206. The van der Waals surface area contributed by atoms with Crippen LogP contribution in [0, 0.1) is 0 Å². The van der Waals surface area contributed by atoms with Crippen molar-refractivity contribution in [1.82, 2.24) is 0 Å². The highest BCUT2D eigenvalue weighted by molar-refractivity contribution is 7.85. The molecule has 0 bridgehead atoms. The molecule has 0 fully saturated rings. The summed E-state index contributed by atoms with van der Waals surface area (Å²) in [4.78, 5) is 14.6. The molecule has 0 aliphatic heterocycles. The van der Waals surface area contributed by atoms with Gasteiger partial charge in [0.2, 0.25) is 5.88 Å². The zero-order valence-corrected chi connectivity index (χ0v) is 9.15. The van der Waals surface area contributed by atoms with E-state index >= 15 is 0 Å². The van der Waals surface area contributed by atoms with Crippen LogP contribution in [0.25, 0.3) is 0 Å². The summed E-state index contributed by atoms with van der Waals surface area (Å²) in [6.45, 7) is 0. The third kappa shape index (κ3) is 3.59. The number of aldehydes is 1. The molecule has 0 amide bonds. The first-order chi connectivity index (χ1) is 7.27. The van der Waals surface area contributed by atoms with Gasteiger partial charge in [0, 0.05) is 6.21 Å². The number of nitrogens with zero attached hydrogens (tertiary/aromatic N) is 1. The molecule has 1 aromatic carbocycles. The van der Waals surface area contributed by atoms with Crippen LogP contribution < -0.4 is 0 Å². The Balaban J connectivity index is 2.85. The molecule has 0 saturated heterocycles.